The van der Waals surface area contributed by atoms with Crippen LogP contribution in [-0.4, -0.2) is 35.0 Å². The molecule has 1 aliphatic rings. The zero-order valence-corrected chi connectivity index (χ0v) is 14.0. The molecule has 1 N–H and O–H groups in total. The van der Waals surface area contributed by atoms with Crippen molar-refractivity contribution < 1.29 is 14.7 Å². The Morgan fingerprint density at radius 3 is 2.10 bits per heavy atom. The lowest BCUT2D eigenvalue weighted by Crippen LogP contribution is -2.41. The molecule has 0 aromatic carbocycles. The summed E-state index contributed by atoms with van der Waals surface area (Å²) in [7, 11) is 0. The first-order valence-electron chi connectivity index (χ1n) is 8.49. The van der Waals surface area contributed by atoms with Gasteiger partial charge in [-0.25, -0.2) is 0 Å². The van der Waals surface area contributed by atoms with Gasteiger partial charge in [0.2, 0.25) is 5.91 Å². The molecule has 4 heteroatoms. The third-order valence-electron chi connectivity index (χ3n) is 5.20. The number of carboxylic acids is 1. The number of hydrogen-bond donors (Lipinski definition) is 1. The fourth-order valence-electron chi connectivity index (χ4n) is 3.49. The molecule has 0 aromatic heterocycles. The van der Waals surface area contributed by atoms with Crippen LogP contribution in [0.2, 0.25) is 0 Å². The van der Waals surface area contributed by atoms with E-state index in [1.165, 1.54) is 0 Å². The third kappa shape index (κ3) is 4.45. The van der Waals surface area contributed by atoms with Crippen molar-refractivity contribution in [2.24, 2.45) is 23.7 Å². The highest BCUT2D eigenvalue weighted by Gasteiger charge is 2.43. The van der Waals surface area contributed by atoms with Gasteiger partial charge in [-0.3, -0.25) is 9.59 Å². The van der Waals surface area contributed by atoms with Gasteiger partial charge in [-0.2, -0.15) is 0 Å². The minimum Gasteiger partial charge on any atom is -0.481 e. The van der Waals surface area contributed by atoms with Gasteiger partial charge >= 0.3 is 5.97 Å². The van der Waals surface area contributed by atoms with Gasteiger partial charge in [0.15, 0.2) is 0 Å². The number of carbonyl (C=O) groups is 2. The van der Waals surface area contributed by atoms with Crippen LogP contribution in [0.25, 0.3) is 0 Å². The molecular formula is C17H31NO3. The summed E-state index contributed by atoms with van der Waals surface area (Å²) in [6.45, 7) is 9.81. The molecule has 0 spiro atoms. The third-order valence-corrected chi connectivity index (χ3v) is 5.20. The summed E-state index contributed by atoms with van der Waals surface area (Å²) in [5.74, 6) is -0.650. The van der Waals surface area contributed by atoms with Crippen LogP contribution in [0.15, 0.2) is 0 Å². The van der Waals surface area contributed by atoms with E-state index in [1.54, 1.807) is 0 Å². The van der Waals surface area contributed by atoms with Crippen molar-refractivity contribution in [2.45, 2.75) is 59.8 Å². The van der Waals surface area contributed by atoms with E-state index in [4.69, 9.17) is 0 Å². The van der Waals surface area contributed by atoms with Crippen LogP contribution in [0.4, 0.5) is 0 Å². The van der Waals surface area contributed by atoms with Crippen LogP contribution < -0.4 is 0 Å². The quantitative estimate of drug-likeness (QED) is 0.747. The summed E-state index contributed by atoms with van der Waals surface area (Å²) in [5.41, 5.74) is 0. The molecule has 1 saturated carbocycles. The molecule has 4 nitrogen and oxygen atoms in total. The van der Waals surface area contributed by atoms with Gasteiger partial charge in [0.25, 0.3) is 0 Å². The highest BCUT2D eigenvalue weighted by Crippen LogP contribution is 2.39. The monoisotopic (exact) mass is 297 g/mol. The highest BCUT2D eigenvalue weighted by molar-refractivity contribution is 5.85. The highest BCUT2D eigenvalue weighted by atomic mass is 16.4. The first-order chi connectivity index (χ1) is 9.98. The van der Waals surface area contributed by atoms with E-state index in [-0.39, 0.29) is 11.8 Å². The van der Waals surface area contributed by atoms with Crippen molar-refractivity contribution in [1.29, 1.82) is 0 Å². The Bertz CT molecular complexity index is 352. The molecule has 1 unspecified atom stereocenters. The van der Waals surface area contributed by atoms with E-state index < -0.39 is 11.9 Å². The number of hydrogen-bond acceptors (Lipinski definition) is 2. The van der Waals surface area contributed by atoms with E-state index in [9.17, 15) is 14.7 Å². The topological polar surface area (TPSA) is 57.6 Å². The smallest absolute Gasteiger partial charge is 0.307 e. The summed E-state index contributed by atoms with van der Waals surface area (Å²) >= 11 is 0. The van der Waals surface area contributed by atoms with E-state index in [0.29, 0.717) is 24.8 Å². The van der Waals surface area contributed by atoms with Gasteiger partial charge < -0.3 is 10.0 Å². The summed E-state index contributed by atoms with van der Waals surface area (Å²) in [4.78, 5) is 26.1. The number of aliphatic carboxylic acids is 1. The lowest BCUT2D eigenvalue weighted by atomic mass is 9.93. The fourth-order valence-corrected chi connectivity index (χ4v) is 3.49. The van der Waals surface area contributed by atoms with Crippen LogP contribution in [-0.2, 0) is 9.59 Å². The van der Waals surface area contributed by atoms with E-state index in [1.807, 2.05) is 11.8 Å². The largest absolute Gasteiger partial charge is 0.481 e. The van der Waals surface area contributed by atoms with Crippen LogP contribution in [0.3, 0.4) is 0 Å². The lowest BCUT2D eigenvalue weighted by Gasteiger charge is -2.29. The van der Waals surface area contributed by atoms with Crippen LogP contribution in [0, 0.1) is 23.7 Å². The van der Waals surface area contributed by atoms with Crippen molar-refractivity contribution in [1.82, 2.24) is 4.90 Å². The van der Waals surface area contributed by atoms with Gasteiger partial charge in [0.1, 0.15) is 0 Å². The molecule has 1 amide bonds. The number of nitrogens with zero attached hydrogens (tertiary/aromatic N) is 1. The van der Waals surface area contributed by atoms with E-state index in [0.717, 1.165) is 32.2 Å². The van der Waals surface area contributed by atoms with Gasteiger partial charge in [-0.1, -0.05) is 40.0 Å². The van der Waals surface area contributed by atoms with Crippen LogP contribution >= 0.6 is 0 Å². The number of rotatable bonds is 8. The Morgan fingerprint density at radius 1 is 1.10 bits per heavy atom. The summed E-state index contributed by atoms with van der Waals surface area (Å²) < 4.78 is 0. The van der Waals surface area contributed by atoms with Crippen molar-refractivity contribution in [3.05, 3.63) is 0 Å². The Kier molecular flexibility index (Phi) is 7.20. The Hall–Kier alpha value is -1.06. The maximum atomic E-state index is 12.8. The molecule has 0 heterocycles. The summed E-state index contributed by atoms with van der Waals surface area (Å²) in [6, 6.07) is 0. The van der Waals surface area contributed by atoms with Crippen LogP contribution in [0.1, 0.15) is 59.8 Å². The maximum Gasteiger partial charge on any atom is 0.307 e. The molecule has 1 fully saturated rings. The van der Waals surface area contributed by atoms with Gasteiger partial charge in [0, 0.05) is 13.1 Å². The number of carbonyl (C=O) groups excluding carboxylic acids is 1. The summed E-state index contributed by atoms with van der Waals surface area (Å²) in [6.07, 6.45) is 4.48. The van der Waals surface area contributed by atoms with Crippen LogP contribution in [0.5, 0.6) is 0 Å². The molecule has 0 saturated heterocycles. The maximum absolute atomic E-state index is 12.8. The zero-order valence-electron chi connectivity index (χ0n) is 14.0. The van der Waals surface area contributed by atoms with E-state index in [2.05, 4.69) is 20.8 Å². The normalized spacial score (nSPS) is 25.3. The standard InChI is InChI=1S/C17H31NO3/c1-5-12(6-2)11-18(8-4)16(19)14-9-13(7-3)10-15(14)17(20)21/h12-15H,5-11H2,1-4H3,(H,20,21)/t13?,14-,15+/m0/s1. The van der Waals surface area contributed by atoms with Crippen molar-refractivity contribution >= 4 is 11.9 Å². The molecule has 1 rings (SSSR count). The van der Waals surface area contributed by atoms with Crippen molar-refractivity contribution in [2.75, 3.05) is 13.1 Å². The molecule has 1 aliphatic carbocycles. The molecule has 0 bridgehead atoms. The lowest BCUT2D eigenvalue weighted by molar-refractivity contribution is -0.149. The second-order valence-corrected chi connectivity index (χ2v) is 6.36. The minimum absolute atomic E-state index is 0.0627. The fraction of sp³-hybridized carbons (Fsp3) is 0.882. The zero-order chi connectivity index (χ0) is 16.0. The Balaban J connectivity index is 2.79. The van der Waals surface area contributed by atoms with E-state index >= 15 is 0 Å². The second-order valence-electron chi connectivity index (χ2n) is 6.36. The van der Waals surface area contributed by atoms with Gasteiger partial charge in [-0.05, 0) is 31.6 Å². The number of carboxylic acid groups (broad SMARTS) is 1. The first kappa shape index (κ1) is 18.0. The molecule has 21 heavy (non-hydrogen) atoms. The average Bonchev–Trinajstić information content (AvgIpc) is 2.92. The minimum atomic E-state index is -0.803. The number of amides is 1. The predicted molar refractivity (Wildman–Crippen MR) is 84.0 cm³/mol. The van der Waals surface area contributed by atoms with Crippen molar-refractivity contribution in [3.63, 3.8) is 0 Å². The molecule has 0 aliphatic heterocycles. The predicted octanol–water partition coefficient (Wildman–Crippen LogP) is 3.41. The Morgan fingerprint density at radius 2 is 1.67 bits per heavy atom. The molecule has 122 valence electrons. The Labute approximate surface area is 128 Å². The first-order valence-corrected chi connectivity index (χ1v) is 8.49. The average molecular weight is 297 g/mol. The van der Waals surface area contributed by atoms with Crippen molar-refractivity contribution in [3.8, 4) is 0 Å². The van der Waals surface area contributed by atoms with Gasteiger partial charge in [0.05, 0.1) is 11.8 Å². The summed E-state index contributed by atoms with van der Waals surface area (Å²) in [5, 5.41) is 9.40. The van der Waals surface area contributed by atoms with Gasteiger partial charge in [-0.15, -0.1) is 0 Å². The molecular weight excluding hydrogens is 266 g/mol. The SMILES string of the molecule is CCC1C[C@H](C(=O)N(CC)CC(CC)CC)[C@H](C(=O)O)C1. The molecule has 0 aromatic rings. The molecule has 0 radical (unpaired) electrons. The second kappa shape index (κ2) is 8.40. The molecule has 3 atom stereocenters.